The van der Waals surface area contributed by atoms with Crippen molar-refractivity contribution in [2.24, 2.45) is 0 Å². The summed E-state index contributed by atoms with van der Waals surface area (Å²) in [5.41, 5.74) is 4.27. The molecule has 39 heavy (non-hydrogen) atoms. The number of hydrogen-bond acceptors (Lipinski definition) is 2. The lowest BCUT2D eigenvalue weighted by Gasteiger charge is -2.39. The highest BCUT2D eigenvalue weighted by molar-refractivity contribution is 6.35. The van der Waals surface area contributed by atoms with Gasteiger partial charge < -0.3 is 4.57 Å². The van der Waals surface area contributed by atoms with Gasteiger partial charge in [-0.3, -0.25) is 9.80 Å². The molecule has 9 heteroatoms. The highest BCUT2D eigenvalue weighted by Crippen LogP contribution is 2.40. The van der Waals surface area contributed by atoms with Gasteiger partial charge in [0.25, 0.3) is 5.91 Å². The highest BCUT2D eigenvalue weighted by atomic mass is 35.5. The standard InChI is InChI=1S/C30H30Cl2F3N3O/c1-3-23(33)28(35)27(34)19-7-9-20(10-8-19)29-18(2)26-25(38(29)24-12-11-21(31)17-22(24)32)13-16-37(30(26)39)36-14-5-4-6-15-36/h7-12,17,23H,3-6,13-16H2,1-2H3/b28-27+. The first-order valence-electron chi connectivity index (χ1n) is 13.3. The Kier molecular flexibility index (Phi) is 8.13. The van der Waals surface area contributed by atoms with E-state index >= 15 is 0 Å². The molecule has 1 atom stereocenters. The Morgan fingerprint density at radius 2 is 1.69 bits per heavy atom. The number of halogens is 5. The molecule has 1 fully saturated rings. The maximum Gasteiger partial charge on any atom is 0.270 e. The lowest BCUT2D eigenvalue weighted by Crippen LogP contribution is -2.51. The molecule has 2 aliphatic heterocycles. The summed E-state index contributed by atoms with van der Waals surface area (Å²) in [6, 6.07) is 11.4. The average Bonchev–Trinajstić information content (AvgIpc) is 3.25. The summed E-state index contributed by atoms with van der Waals surface area (Å²) < 4.78 is 44.6. The van der Waals surface area contributed by atoms with Gasteiger partial charge in [-0.15, -0.1) is 0 Å². The molecule has 1 amide bonds. The molecule has 0 radical (unpaired) electrons. The van der Waals surface area contributed by atoms with Crippen LogP contribution in [0.15, 0.2) is 48.3 Å². The van der Waals surface area contributed by atoms with Gasteiger partial charge in [0.05, 0.1) is 22.0 Å². The van der Waals surface area contributed by atoms with Gasteiger partial charge in [-0.1, -0.05) is 60.8 Å². The summed E-state index contributed by atoms with van der Waals surface area (Å²) in [6.45, 7) is 5.61. The molecular formula is C30H30Cl2F3N3O. The molecule has 3 heterocycles. The molecule has 1 aromatic heterocycles. The van der Waals surface area contributed by atoms with Crippen LogP contribution in [-0.2, 0) is 6.42 Å². The van der Waals surface area contributed by atoms with E-state index in [1.807, 2.05) is 22.6 Å². The summed E-state index contributed by atoms with van der Waals surface area (Å²) >= 11 is 12.9. The molecule has 3 aromatic rings. The Morgan fingerprint density at radius 3 is 2.33 bits per heavy atom. The van der Waals surface area contributed by atoms with Gasteiger partial charge in [0.15, 0.2) is 17.8 Å². The first-order valence-corrected chi connectivity index (χ1v) is 14.0. The number of nitrogens with zero attached hydrogens (tertiary/aromatic N) is 3. The van der Waals surface area contributed by atoms with Crippen molar-refractivity contribution in [3.05, 3.63) is 80.7 Å². The van der Waals surface area contributed by atoms with E-state index in [-0.39, 0.29) is 17.9 Å². The summed E-state index contributed by atoms with van der Waals surface area (Å²) in [4.78, 5) is 13.9. The summed E-state index contributed by atoms with van der Waals surface area (Å²) in [6.07, 6.45) is 1.76. The Morgan fingerprint density at radius 1 is 1.00 bits per heavy atom. The van der Waals surface area contributed by atoms with E-state index in [4.69, 9.17) is 23.2 Å². The van der Waals surface area contributed by atoms with Crippen molar-refractivity contribution < 1.29 is 18.0 Å². The molecule has 4 nitrogen and oxygen atoms in total. The number of hydrogen-bond donors (Lipinski definition) is 0. The van der Waals surface area contributed by atoms with Crippen molar-refractivity contribution in [2.75, 3.05) is 19.6 Å². The number of hydrazine groups is 1. The van der Waals surface area contributed by atoms with Crippen LogP contribution in [0, 0.1) is 6.92 Å². The van der Waals surface area contributed by atoms with E-state index in [0.717, 1.165) is 42.9 Å². The number of fused-ring (bicyclic) bond motifs is 1. The van der Waals surface area contributed by atoms with Crippen LogP contribution in [0.4, 0.5) is 13.2 Å². The lowest BCUT2D eigenvalue weighted by molar-refractivity contribution is -0.0237. The van der Waals surface area contributed by atoms with Gasteiger partial charge in [-0.2, -0.15) is 0 Å². The molecule has 0 spiro atoms. The quantitative estimate of drug-likeness (QED) is 0.294. The largest absolute Gasteiger partial charge is 0.311 e. The molecule has 2 aliphatic rings. The first kappa shape index (κ1) is 27.8. The number of rotatable bonds is 6. The second kappa shape index (κ2) is 11.4. The summed E-state index contributed by atoms with van der Waals surface area (Å²) in [7, 11) is 0. The number of aromatic nitrogens is 1. The van der Waals surface area contributed by atoms with Crippen LogP contribution in [0.5, 0.6) is 0 Å². The predicted molar refractivity (Wildman–Crippen MR) is 150 cm³/mol. The van der Waals surface area contributed by atoms with Crippen LogP contribution in [0.25, 0.3) is 22.8 Å². The predicted octanol–water partition coefficient (Wildman–Crippen LogP) is 8.51. The molecule has 1 saturated heterocycles. The van der Waals surface area contributed by atoms with Crippen molar-refractivity contribution in [3.63, 3.8) is 0 Å². The van der Waals surface area contributed by atoms with Crippen molar-refractivity contribution in [1.82, 2.24) is 14.6 Å². The Balaban J connectivity index is 1.64. The third-order valence-electron chi connectivity index (χ3n) is 7.60. The summed E-state index contributed by atoms with van der Waals surface area (Å²) in [5, 5.41) is 4.92. The number of amides is 1. The third kappa shape index (κ3) is 5.12. The number of allylic oxidation sites excluding steroid dienone is 1. The van der Waals surface area contributed by atoms with Gasteiger partial charge >= 0.3 is 0 Å². The van der Waals surface area contributed by atoms with Gasteiger partial charge in [0, 0.05) is 42.3 Å². The van der Waals surface area contributed by atoms with E-state index in [2.05, 4.69) is 5.01 Å². The van der Waals surface area contributed by atoms with Gasteiger partial charge in [0.1, 0.15) is 0 Å². The second-order valence-corrected chi connectivity index (χ2v) is 10.9. The van der Waals surface area contributed by atoms with E-state index < -0.39 is 17.8 Å². The zero-order valence-electron chi connectivity index (χ0n) is 21.9. The number of benzene rings is 2. The minimum atomic E-state index is -1.99. The second-order valence-electron chi connectivity index (χ2n) is 10.0. The molecule has 5 rings (SSSR count). The normalized spacial score (nSPS) is 17.7. The van der Waals surface area contributed by atoms with Crippen LogP contribution >= 0.6 is 23.2 Å². The molecule has 206 valence electrons. The van der Waals surface area contributed by atoms with E-state index in [0.29, 0.717) is 39.8 Å². The van der Waals surface area contributed by atoms with Gasteiger partial charge in [-0.25, -0.2) is 18.2 Å². The first-order chi connectivity index (χ1) is 18.7. The fourth-order valence-electron chi connectivity index (χ4n) is 5.60. The third-order valence-corrected chi connectivity index (χ3v) is 8.14. The topological polar surface area (TPSA) is 28.5 Å². The number of carbonyl (C=O) groups excluding carboxylic acids is 1. The minimum absolute atomic E-state index is 0.0512. The summed E-state index contributed by atoms with van der Waals surface area (Å²) in [5.74, 6) is -2.67. The molecule has 0 bridgehead atoms. The van der Waals surface area contributed by atoms with Crippen LogP contribution < -0.4 is 0 Å². The number of piperidine rings is 1. The Bertz CT molecular complexity index is 1430. The van der Waals surface area contributed by atoms with Crippen LogP contribution in [0.2, 0.25) is 10.0 Å². The Labute approximate surface area is 236 Å². The zero-order valence-corrected chi connectivity index (χ0v) is 23.4. The monoisotopic (exact) mass is 575 g/mol. The van der Waals surface area contributed by atoms with E-state index in [1.54, 1.807) is 24.3 Å². The fraction of sp³-hybridized carbons (Fsp3) is 0.367. The molecule has 2 aromatic carbocycles. The maximum absolute atomic E-state index is 14.6. The van der Waals surface area contributed by atoms with Crippen molar-refractivity contribution >= 4 is 34.9 Å². The Hall–Kier alpha value is -2.74. The van der Waals surface area contributed by atoms with Crippen molar-refractivity contribution in [2.45, 2.75) is 52.1 Å². The van der Waals surface area contributed by atoms with Gasteiger partial charge in [0.2, 0.25) is 0 Å². The van der Waals surface area contributed by atoms with Crippen LogP contribution in [-0.4, -0.2) is 46.3 Å². The van der Waals surface area contributed by atoms with E-state index in [1.165, 1.54) is 25.5 Å². The minimum Gasteiger partial charge on any atom is -0.311 e. The van der Waals surface area contributed by atoms with E-state index in [9.17, 15) is 18.0 Å². The van der Waals surface area contributed by atoms with Crippen molar-refractivity contribution in [3.8, 4) is 16.9 Å². The highest BCUT2D eigenvalue weighted by Gasteiger charge is 2.36. The molecule has 1 unspecified atom stereocenters. The number of alkyl halides is 1. The SMILES string of the molecule is CCC(F)/C(F)=C(\F)c1ccc(-c2c(C)c3c(n2-c2ccc(Cl)cc2Cl)CCN(N2CCCCC2)C3=O)cc1. The lowest BCUT2D eigenvalue weighted by atomic mass is 10.0. The van der Waals surface area contributed by atoms with Crippen LogP contribution in [0.1, 0.15) is 59.8 Å². The molecular weight excluding hydrogens is 546 g/mol. The van der Waals surface area contributed by atoms with Crippen LogP contribution in [0.3, 0.4) is 0 Å². The average molecular weight is 576 g/mol. The smallest absolute Gasteiger partial charge is 0.270 e. The van der Waals surface area contributed by atoms with Crippen molar-refractivity contribution in [1.29, 1.82) is 0 Å². The van der Waals surface area contributed by atoms with Gasteiger partial charge in [-0.05, 0) is 55.5 Å². The molecule has 0 N–H and O–H groups in total. The molecule has 0 aliphatic carbocycles. The maximum atomic E-state index is 14.6. The fourth-order valence-corrected chi connectivity index (χ4v) is 6.10. The zero-order chi connectivity index (χ0) is 27.8. The number of carbonyl (C=O) groups is 1. The molecule has 0 saturated carbocycles.